The molecule has 3 rings (SSSR count). The molecule has 0 aliphatic carbocycles. The molecular formula is C19H22BrN3O. The van der Waals surface area contributed by atoms with Gasteiger partial charge in [0.2, 0.25) is 5.91 Å². The van der Waals surface area contributed by atoms with Crippen LogP contribution in [0.15, 0.2) is 47.2 Å². The summed E-state index contributed by atoms with van der Waals surface area (Å²) in [5.41, 5.74) is 3.50. The zero-order valence-electron chi connectivity index (χ0n) is 13.8. The predicted octanol–water partition coefficient (Wildman–Crippen LogP) is 3.26. The molecule has 1 N–H and O–H groups in total. The number of hydrogen-bond donors (Lipinski definition) is 1. The molecule has 0 bridgehead atoms. The molecule has 2 heterocycles. The fourth-order valence-corrected chi connectivity index (χ4v) is 3.38. The van der Waals surface area contributed by atoms with Gasteiger partial charge in [0.05, 0.1) is 6.04 Å². The number of nitrogens with one attached hydrogen (secondary N) is 1. The zero-order chi connectivity index (χ0) is 16.9. The highest BCUT2D eigenvalue weighted by molar-refractivity contribution is 9.10. The first-order valence-electron chi connectivity index (χ1n) is 8.30. The largest absolute Gasteiger partial charge is 0.333 e. The molecule has 0 saturated carbocycles. The number of aromatic nitrogens is 1. The van der Waals surface area contributed by atoms with Crippen LogP contribution in [0, 0.1) is 6.92 Å². The second-order valence-electron chi connectivity index (χ2n) is 6.18. The van der Waals surface area contributed by atoms with E-state index in [1.54, 1.807) is 6.20 Å². The van der Waals surface area contributed by atoms with Crippen molar-refractivity contribution >= 4 is 21.8 Å². The fourth-order valence-electron chi connectivity index (χ4n) is 3.13. The third-order valence-corrected chi connectivity index (χ3v) is 5.37. The Balaban J connectivity index is 1.67. The number of rotatable bonds is 4. The van der Waals surface area contributed by atoms with Crippen molar-refractivity contribution in [3.63, 3.8) is 0 Å². The summed E-state index contributed by atoms with van der Waals surface area (Å²) in [6.45, 7) is 4.45. The molecule has 5 heteroatoms. The maximum atomic E-state index is 12.8. The Bertz CT molecular complexity index is 705. The summed E-state index contributed by atoms with van der Waals surface area (Å²) in [6, 6.07) is 10.3. The van der Waals surface area contributed by atoms with Gasteiger partial charge in [0.15, 0.2) is 0 Å². The van der Waals surface area contributed by atoms with E-state index in [1.807, 2.05) is 23.2 Å². The van der Waals surface area contributed by atoms with Gasteiger partial charge in [0.1, 0.15) is 0 Å². The number of hydrogen-bond acceptors (Lipinski definition) is 3. The van der Waals surface area contributed by atoms with E-state index < -0.39 is 0 Å². The summed E-state index contributed by atoms with van der Waals surface area (Å²) in [4.78, 5) is 19.0. The predicted molar refractivity (Wildman–Crippen MR) is 98.8 cm³/mol. The van der Waals surface area contributed by atoms with Crippen LogP contribution in [-0.2, 0) is 11.2 Å². The van der Waals surface area contributed by atoms with Crippen LogP contribution in [0.5, 0.6) is 0 Å². The second kappa shape index (κ2) is 7.90. The Morgan fingerprint density at radius 3 is 3.04 bits per heavy atom. The van der Waals surface area contributed by atoms with Crippen molar-refractivity contribution in [1.29, 1.82) is 0 Å². The summed E-state index contributed by atoms with van der Waals surface area (Å²) in [7, 11) is 0. The fraction of sp³-hybridized carbons (Fsp3) is 0.368. The van der Waals surface area contributed by atoms with Crippen molar-refractivity contribution in [2.75, 3.05) is 19.6 Å². The summed E-state index contributed by atoms with van der Waals surface area (Å²) in [5, 5.41) is 3.38. The average Bonchev–Trinajstić information content (AvgIpc) is 2.63. The van der Waals surface area contributed by atoms with Crippen molar-refractivity contribution < 1.29 is 4.79 Å². The van der Waals surface area contributed by atoms with Gasteiger partial charge in [-0.1, -0.05) is 34.1 Å². The van der Waals surface area contributed by atoms with Gasteiger partial charge in [0.25, 0.3) is 0 Å². The number of halogens is 1. The number of nitrogens with zero attached hydrogens (tertiary/aromatic N) is 2. The van der Waals surface area contributed by atoms with E-state index in [-0.39, 0.29) is 11.9 Å². The normalized spacial score (nSPS) is 17.8. The molecule has 126 valence electrons. The van der Waals surface area contributed by atoms with Gasteiger partial charge in [-0.3, -0.25) is 9.78 Å². The minimum absolute atomic E-state index is 0.0756. The van der Waals surface area contributed by atoms with Gasteiger partial charge < -0.3 is 10.2 Å². The summed E-state index contributed by atoms with van der Waals surface area (Å²) in [5.74, 6) is 0.214. The third-order valence-electron chi connectivity index (χ3n) is 4.48. The van der Waals surface area contributed by atoms with Gasteiger partial charge in [-0.2, -0.15) is 0 Å². The topological polar surface area (TPSA) is 45.2 Å². The van der Waals surface area contributed by atoms with Crippen LogP contribution >= 0.6 is 15.9 Å². The van der Waals surface area contributed by atoms with Gasteiger partial charge in [-0.05, 0) is 42.2 Å². The molecule has 1 saturated heterocycles. The molecule has 0 radical (unpaired) electrons. The van der Waals surface area contributed by atoms with Crippen molar-refractivity contribution in [2.45, 2.75) is 25.8 Å². The van der Waals surface area contributed by atoms with E-state index in [2.05, 4.69) is 51.4 Å². The highest BCUT2D eigenvalue weighted by atomic mass is 79.9. The van der Waals surface area contributed by atoms with Crippen LogP contribution in [0.4, 0.5) is 0 Å². The summed E-state index contributed by atoms with van der Waals surface area (Å²) in [6.07, 6.45) is 4.94. The van der Waals surface area contributed by atoms with E-state index in [0.717, 1.165) is 36.1 Å². The molecule has 2 aromatic rings. The number of piperazine rings is 1. The number of benzene rings is 1. The molecular weight excluding hydrogens is 366 g/mol. The number of pyridine rings is 1. The van der Waals surface area contributed by atoms with Gasteiger partial charge in [-0.15, -0.1) is 0 Å². The molecule has 1 fully saturated rings. The Hall–Kier alpha value is -1.72. The molecule has 1 aliphatic rings. The molecule has 1 amide bonds. The lowest BCUT2D eigenvalue weighted by atomic mass is 10.0. The Morgan fingerprint density at radius 1 is 1.42 bits per heavy atom. The van der Waals surface area contributed by atoms with Crippen LogP contribution in [-0.4, -0.2) is 35.4 Å². The van der Waals surface area contributed by atoms with Crippen LogP contribution in [0.1, 0.15) is 29.2 Å². The van der Waals surface area contributed by atoms with Gasteiger partial charge in [0, 0.05) is 42.9 Å². The standard InChI is InChI=1S/C19H22BrN3O/c1-14-11-15(4-6-17(14)20)5-7-19(24)23-10-9-22-13-18(23)16-3-2-8-21-12-16/h2-4,6,8,11-12,18,22H,5,7,9-10,13H2,1H3. The van der Waals surface area contributed by atoms with E-state index in [9.17, 15) is 4.79 Å². The van der Waals surface area contributed by atoms with Crippen molar-refractivity contribution in [2.24, 2.45) is 0 Å². The molecule has 24 heavy (non-hydrogen) atoms. The molecule has 4 nitrogen and oxygen atoms in total. The SMILES string of the molecule is Cc1cc(CCC(=O)N2CCNCC2c2cccnc2)ccc1Br. The molecule has 0 spiro atoms. The first kappa shape index (κ1) is 17.1. The molecule has 1 aromatic carbocycles. The van der Waals surface area contributed by atoms with Crippen molar-refractivity contribution in [3.8, 4) is 0 Å². The summed E-state index contributed by atoms with van der Waals surface area (Å²) < 4.78 is 1.11. The second-order valence-corrected chi connectivity index (χ2v) is 7.03. The molecule has 1 atom stereocenters. The maximum absolute atomic E-state index is 12.8. The third kappa shape index (κ3) is 4.02. The maximum Gasteiger partial charge on any atom is 0.223 e. The number of amides is 1. The van der Waals surface area contributed by atoms with Crippen LogP contribution in [0.2, 0.25) is 0 Å². The van der Waals surface area contributed by atoms with E-state index in [4.69, 9.17) is 0 Å². The lowest BCUT2D eigenvalue weighted by molar-refractivity contribution is -0.134. The minimum Gasteiger partial charge on any atom is -0.333 e. The number of carbonyl (C=O) groups excluding carboxylic acids is 1. The summed E-state index contributed by atoms with van der Waals surface area (Å²) >= 11 is 3.52. The van der Waals surface area contributed by atoms with E-state index in [0.29, 0.717) is 6.42 Å². The smallest absolute Gasteiger partial charge is 0.223 e. The molecule has 1 aromatic heterocycles. The molecule has 1 unspecified atom stereocenters. The van der Waals surface area contributed by atoms with Crippen molar-refractivity contribution in [1.82, 2.24) is 15.2 Å². The number of aryl methyl sites for hydroxylation is 2. The average molecular weight is 388 g/mol. The van der Waals surface area contributed by atoms with Gasteiger partial charge >= 0.3 is 0 Å². The number of carbonyl (C=O) groups is 1. The van der Waals surface area contributed by atoms with Crippen molar-refractivity contribution in [3.05, 3.63) is 63.9 Å². The monoisotopic (exact) mass is 387 g/mol. The lowest BCUT2D eigenvalue weighted by Crippen LogP contribution is -2.48. The highest BCUT2D eigenvalue weighted by Crippen LogP contribution is 2.23. The Kier molecular flexibility index (Phi) is 5.63. The van der Waals surface area contributed by atoms with Crippen LogP contribution in [0.3, 0.4) is 0 Å². The minimum atomic E-state index is 0.0756. The Morgan fingerprint density at radius 2 is 2.29 bits per heavy atom. The van der Waals surface area contributed by atoms with E-state index >= 15 is 0 Å². The van der Waals surface area contributed by atoms with E-state index in [1.165, 1.54) is 11.1 Å². The lowest BCUT2D eigenvalue weighted by Gasteiger charge is -2.36. The van der Waals surface area contributed by atoms with Crippen LogP contribution in [0.25, 0.3) is 0 Å². The van der Waals surface area contributed by atoms with Gasteiger partial charge in [-0.25, -0.2) is 0 Å². The first-order valence-corrected chi connectivity index (χ1v) is 9.09. The Labute approximate surface area is 151 Å². The molecule has 1 aliphatic heterocycles. The zero-order valence-corrected chi connectivity index (χ0v) is 15.4. The highest BCUT2D eigenvalue weighted by Gasteiger charge is 2.27. The first-order chi connectivity index (χ1) is 11.6. The van der Waals surface area contributed by atoms with Crippen LogP contribution < -0.4 is 5.32 Å². The quantitative estimate of drug-likeness (QED) is 0.875.